The fraction of sp³-hybridized carbons (Fsp3) is 1.00. The molecule has 0 spiro atoms. The topological polar surface area (TPSA) is 49.7 Å². The molecule has 0 aliphatic carbocycles. The average Bonchev–Trinajstić information content (AvgIpc) is 2.02. The van der Waals surface area contributed by atoms with Crippen molar-refractivity contribution < 1.29 is 28.1 Å². The van der Waals surface area contributed by atoms with E-state index in [1.165, 1.54) is 6.92 Å². The molecule has 0 aliphatic heterocycles. The Bertz CT molecular complexity index is 142. The maximum absolute atomic E-state index is 11.6. The number of aliphatic hydroxyl groups is 2. The fourth-order valence-corrected chi connectivity index (χ4v) is 0.554. The Labute approximate surface area is 74.1 Å². The molecule has 0 bridgehead atoms. The second-order valence-corrected chi connectivity index (χ2v) is 2.98. The van der Waals surface area contributed by atoms with Gasteiger partial charge in [-0.2, -0.15) is 13.2 Å². The molecule has 13 heavy (non-hydrogen) atoms. The predicted octanol–water partition coefficient (Wildman–Crippen LogP) is 0.699. The number of alkyl halides is 3. The van der Waals surface area contributed by atoms with E-state index >= 15 is 0 Å². The van der Waals surface area contributed by atoms with Crippen LogP contribution in [-0.2, 0) is 4.74 Å². The molecule has 80 valence electrons. The third-order valence-electron chi connectivity index (χ3n) is 1.50. The first kappa shape index (κ1) is 12.7. The second kappa shape index (κ2) is 4.78. The number of hydrogen-bond donors (Lipinski definition) is 2. The SMILES string of the molecule is CC(CO)(CO)OCCC(F)(F)F. The Hall–Kier alpha value is -0.330. The highest BCUT2D eigenvalue weighted by molar-refractivity contribution is 4.72. The molecule has 2 N–H and O–H groups in total. The standard InChI is InChI=1S/C7H13F3O3/c1-6(4-11,5-12)13-3-2-7(8,9)10/h11-12H,2-5H2,1H3. The van der Waals surface area contributed by atoms with Crippen molar-refractivity contribution in [3.63, 3.8) is 0 Å². The van der Waals surface area contributed by atoms with E-state index < -0.39 is 38.0 Å². The summed E-state index contributed by atoms with van der Waals surface area (Å²) in [6.07, 6.45) is -5.35. The molecule has 6 heteroatoms. The minimum atomic E-state index is -4.27. The molecule has 0 aromatic carbocycles. The van der Waals surface area contributed by atoms with Gasteiger partial charge in [-0.05, 0) is 6.92 Å². The maximum Gasteiger partial charge on any atom is 0.391 e. The van der Waals surface area contributed by atoms with Crippen LogP contribution >= 0.6 is 0 Å². The molecule has 0 fully saturated rings. The minimum Gasteiger partial charge on any atom is -0.393 e. The summed E-state index contributed by atoms with van der Waals surface area (Å²) in [7, 11) is 0. The molecule has 0 saturated carbocycles. The van der Waals surface area contributed by atoms with Crippen molar-refractivity contribution in [1.82, 2.24) is 0 Å². The first-order chi connectivity index (χ1) is 5.83. The summed E-state index contributed by atoms with van der Waals surface area (Å²) in [5.74, 6) is 0. The van der Waals surface area contributed by atoms with Crippen LogP contribution in [-0.4, -0.2) is 41.8 Å². The molecule has 0 atom stereocenters. The van der Waals surface area contributed by atoms with Gasteiger partial charge in [-0.25, -0.2) is 0 Å². The summed E-state index contributed by atoms with van der Waals surface area (Å²) in [5, 5.41) is 17.3. The normalized spacial score (nSPS) is 13.4. The number of ether oxygens (including phenoxy) is 1. The highest BCUT2D eigenvalue weighted by atomic mass is 19.4. The smallest absolute Gasteiger partial charge is 0.391 e. The van der Waals surface area contributed by atoms with Crippen LogP contribution in [0, 0.1) is 0 Å². The average molecular weight is 202 g/mol. The zero-order valence-electron chi connectivity index (χ0n) is 7.26. The quantitative estimate of drug-likeness (QED) is 0.689. The molecule has 0 aromatic rings. The van der Waals surface area contributed by atoms with Gasteiger partial charge in [0.1, 0.15) is 5.60 Å². The van der Waals surface area contributed by atoms with E-state index in [9.17, 15) is 13.2 Å². The molecule has 0 unspecified atom stereocenters. The largest absolute Gasteiger partial charge is 0.393 e. The zero-order chi connectivity index (χ0) is 10.5. The third kappa shape index (κ3) is 5.84. The van der Waals surface area contributed by atoms with Crippen molar-refractivity contribution in [2.75, 3.05) is 19.8 Å². The molecule has 0 heterocycles. The van der Waals surface area contributed by atoms with Crippen LogP contribution in [0.15, 0.2) is 0 Å². The number of hydrogen-bond acceptors (Lipinski definition) is 3. The Morgan fingerprint density at radius 1 is 1.15 bits per heavy atom. The molecule has 3 nitrogen and oxygen atoms in total. The maximum atomic E-state index is 11.6. The van der Waals surface area contributed by atoms with Crippen LogP contribution in [0.2, 0.25) is 0 Å². The number of aliphatic hydroxyl groups excluding tert-OH is 2. The van der Waals surface area contributed by atoms with E-state index in [0.29, 0.717) is 0 Å². The third-order valence-corrected chi connectivity index (χ3v) is 1.50. The van der Waals surface area contributed by atoms with Crippen molar-refractivity contribution in [2.24, 2.45) is 0 Å². The van der Waals surface area contributed by atoms with Gasteiger partial charge in [-0.1, -0.05) is 0 Å². The fourth-order valence-electron chi connectivity index (χ4n) is 0.554. The van der Waals surface area contributed by atoms with E-state index in [0.717, 1.165) is 0 Å². The number of halogens is 3. The van der Waals surface area contributed by atoms with Gasteiger partial charge >= 0.3 is 6.18 Å². The van der Waals surface area contributed by atoms with Crippen LogP contribution in [0.3, 0.4) is 0 Å². The molecule has 0 amide bonds. The van der Waals surface area contributed by atoms with Crippen LogP contribution in [0.25, 0.3) is 0 Å². The zero-order valence-corrected chi connectivity index (χ0v) is 7.26. The van der Waals surface area contributed by atoms with Gasteiger partial charge in [0, 0.05) is 0 Å². The molecular weight excluding hydrogens is 189 g/mol. The van der Waals surface area contributed by atoms with Gasteiger partial charge in [-0.15, -0.1) is 0 Å². The summed E-state index contributed by atoms with van der Waals surface area (Å²) in [6.45, 7) is -0.243. The first-order valence-electron chi connectivity index (χ1n) is 3.75. The highest BCUT2D eigenvalue weighted by Gasteiger charge is 2.29. The van der Waals surface area contributed by atoms with E-state index in [4.69, 9.17) is 10.2 Å². The van der Waals surface area contributed by atoms with Crippen LogP contribution in [0.5, 0.6) is 0 Å². The Morgan fingerprint density at radius 3 is 1.92 bits per heavy atom. The molecule has 0 aromatic heterocycles. The molecule has 0 saturated heterocycles. The highest BCUT2D eigenvalue weighted by Crippen LogP contribution is 2.20. The van der Waals surface area contributed by atoms with Crippen LogP contribution in [0.1, 0.15) is 13.3 Å². The second-order valence-electron chi connectivity index (χ2n) is 2.98. The summed E-state index contributed by atoms with van der Waals surface area (Å²) < 4.78 is 39.6. The lowest BCUT2D eigenvalue weighted by Gasteiger charge is -2.25. The molecular formula is C7H13F3O3. The summed E-state index contributed by atoms with van der Waals surface area (Å²) in [5.41, 5.74) is -1.29. The van der Waals surface area contributed by atoms with Gasteiger partial charge in [0.25, 0.3) is 0 Å². The van der Waals surface area contributed by atoms with Gasteiger partial charge in [-0.3, -0.25) is 0 Å². The molecule has 0 rings (SSSR count). The van der Waals surface area contributed by atoms with E-state index in [1.54, 1.807) is 0 Å². The lowest BCUT2D eigenvalue weighted by Crippen LogP contribution is -2.38. The number of rotatable bonds is 5. The Morgan fingerprint density at radius 2 is 1.62 bits per heavy atom. The van der Waals surface area contributed by atoms with Crippen molar-refractivity contribution in [1.29, 1.82) is 0 Å². The summed E-state index contributed by atoms with van der Waals surface area (Å²) in [6, 6.07) is 0. The van der Waals surface area contributed by atoms with Crippen molar-refractivity contribution >= 4 is 0 Å². The van der Waals surface area contributed by atoms with Crippen molar-refractivity contribution in [3.8, 4) is 0 Å². The Kier molecular flexibility index (Phi) is 4.66. The van der Waals surface area contributed by atoms with Gasteiger partial charge in [0.2, 0.25) is 0 Å². The molecule has 0 aliphatic rings. The van der Waals surface area contributed by atoms with Gasteiger partial charge < -0.3 is 14.9 Å². The lowest BCUT2D eigenvalue weighted by atomic mass is 10.1. The monoisotopic (exact) mass is 202 g/mol. The Balaban J connectivity index is 3.74. The van der Waals surface area contributed by atoms with E-state index in [2.05, 4.69) is 4.74 Å². The van der Waals surface area contributed by atoms with Crippen molar-refractivity contribution in [3.05, 3.63) is 0 Å². The minimum absolute atomic E-state index is 0.513. The van der Waals surface area contributed by atoms with Crippen LogP contribution in [0.4, 0.5) is 13.2 Å². The van der Waals surface area contributed by atoms with Gasteiger partial charge in [0.05, 0.1) is 26.2 Å². The lowest BCUT2D eigenvalue weighted by molar-refractivity contribution is -0.166. The summed E-state index contributed by atoms with van der Waals surface area (Å²) in [4.78, 5) is 0. The van der Waals surface area contributed by atoms with Crippen LogP contribution < -0.4 is 0 Å². The predicted molar refractivity (Wildman–Crippen MR) is 39.2 cm³/mol. The first-order valence-corrected chi connectivity index (χ1v) is 3.75. The molecule has 0 radical (unpaired) electrons. The van der Waals surface area contributed by atoms with Crippen molar-refractivity contribution in [2.45, 2.75) is 25.1 Å². The summed E-state index contributed by atoms with van der Waals surface area (Å²) >= 11 is 0. The van der Waals surface area contributed by atoms with Gasteiger partial charge in [0.15, 0.2) is 0 Å². The van der Waals surface area contributed by atoms with E-state index in [1.807, 2.05) is 0 Å². The van der Waals surface area contributed by atoms with E-state index in [-0.39, 0.29) is 0 Å².